The van der Waals surface area contributed by atoms with E-state index in [2.05, 4.69) is 67.2 Å². The Kier molecular flexibility index (Phi) is 7.70. The molecular formula is C29H33N3O3. The minimum absolute atomic E-state index is 0.0658. The number of oxazole rings is 1. The molecule has 3 aromatic carbocycles. The molecule has 1 amide bonds. The number of carbonyl (C=O) groups excluding carboxylic acids is 1. The molecule has 0 aliphatic carbocycles. The fraction of sp³-hybridized carbons (Fsp3) is 0.310. The van der Waals surface area contributed by atoms with Crippen LogP contribution in [0.25, 0.3) is 22.6 Å². The summed E-state index contributed by atoms with van der Waals surface area (Å²) in [6, 6.07) is 21.6. The van der Waals surface area contributed by atoms with Crippen LogP contribution in [0.2, 0.25) is 0 Å². The third-order valence-electron chi connectivity index (χ3n) is 6.35. The minimum atomic E-state index is -0.230. The van der Waals surface area contributed by atoms with Crippen LogP contribution in [0.15, 0.2) is 71.1 Å². The van der Waals surface area contributed by atoms with Crippen LogP contribution in [0, 0.1) is 0 Å². The third kappa shape index (κ3) is 5.83. The molecule has 0 spiro atoms. The summed E-state index contributed by atoms with van der Waals surface area (Å²) < 4.78 is 11.6. The van der Waals surface area contributed by atoms with E-state index in [1.54, 1.807) is 6.07 Å². The number of rotatable bonds is 10. The van der Waals surface area contributed by atoms with E-state index in [4.69, 9.17) is 9.15 Å². The molecule has 0 saturated heterocycles. The average Bonchev–Trinajstić information content (AvgIpc) is 3.32. The predicted octanol–water partition coefficient (Wildman–Crippen LogP) is 6.87. The first-order valence-corrected chi connectivity index (χ1v) is 12.3. The van der Waals surface area contributed by atoms with Gasteiger partial charge in [0, 0.05) is 30.0 Å². The number of nitrogens with zero attached hydrogens (tertiary/aromatic N) is 2. The Labute approximate surface area is 206 Å². The summed E-state index contributed by atoms with van der Waals surface area (Å²) >= 11 is 0. The molecule has 1 heterocycles. The quantitative estimate of drug-likeness (QED) is 0.273. The molecule has 1 N–H and O–H groups in total. The van der Waals surface area contributed by atoms with Crippen molar-refractivity contribution in [2.75, 3.05) is 29.9 Å². The number of hydrogen-bond acceptors (Lipinski definition) is 5. The van der Waals surface area contributed by atoms with Crippen LogP contribution in [0.5, 0.6) is 5.75 Å². The third-order valence-corrected chi connectivity index (χ3v) is 6.35. The van der Waals surface area contributed by atoms with E-state index in [1.165, 1.54) is 11.3 Å². The first-order valence-electron chi connectivity index (χ1n) is 12.3. The van der Waals surface area contributed by atoms with Crippen LogP contribution in [-0.2, 0) is 4.79 Å². The predicted molar refractivity (Wildman–Crippen MR) is 142 cm³/mol. The lowest BCUT2D eigenvalue weighted by Crippen LogP contribution is -2.21. The summed E-state index contributed by atoms with van der Waals surface area (Å²) in [5.41, 5.74) is 5.36. The van der Waals surface area contributed by atoms with Crippen LogP contribution in [-0.4, -0.2) is 30.6 Å². The standard InChI is InChI=1S/C29H33N3O3/c1-5-20(4)21-10-15-25(16-11-21)34-19-28(33)30-23-12-17-27-26(18-23)31-29(35-27)22-8-13-24(14-9-22)32(6-2)7-3/h8-18,20H,5-7,19H2,1-4H3,(H,30,33)/t20-/m0/s1. The fourth-order valence-electron chi connectivity index (χ4n) is 4.01. The average molecular weight is 472 g/mol. The summed E-state index contributed by atoms with van der Waals surface area (Å²) in [4.78, 5) is 19.3. The number of nitrogens with one attached hydrogen (secondary N) is 1. The molecule has 1 atom stereocenters. The molecular weight excluding hydrogens is 438 g/mol. The van der Waals surface area contributed by atoms with Crippen molar-refractivity contribution in [3.05, 3.63) is 72.3 Å². The van der Waals surface area contributed by atoms with Gasteiger partial charge in [-0.15, -0.1) is 0 Å². The van der Waals surface area contributed by atoms with E-state index in [-0.39, 0.29) is 12.5 Å². The van der Waals surface area contributed by atoms with Gasteiger partial charge >= 0.3 is 0 Å². The van der Waals surface area contributed by atoms with Gasteiger partial charge in [-0.05, 0) is 86.3 Å². The van der Waals surface area contributed by atoms with Gasteiger partial charge < -0.3 is 19.4 Å². The van der Waals surface area contributed by atoms with Gasteiger partial charge in [0.05, 0.1) is 0 Å². The van der Waals surface area contributed by atoms with Crippen molar-refractivity contribution in [2.45, 2.75) is 40.0 Å². The van der Waals surface area contributed by atoms with Crippen molar-refractivity contribution < 1.29 is 13.9 Å². The largest absolute Gasteiger partial charge is 0.484 e. The zero-order valence-electron chi connectivity index (χ0n) is 20.9. The van der Waals surface area contributed by atoms with Crippen LogP contribution >= 0.6 is 0 Å². The molecule has 0 aliphatic rings. The van der Waals surface area contributed by atoms with Crippen molar-refractivity contribution in [1.82, 2.24) is 4.98 Å². The van der Waals surface area contributed by atoms with Crippen LogP contribution in [0.1, 0.15) is 45.6 Å². The Balaban J connectivity index is 1.38. The zero-order chi connectivity index (χ0) is 24.8. The van der Waals surface area contributed by atoms with Gasteiger partial charge in [0.15, 0.2) is 12.2 Å². The van der Waals surface area contributed by atoms with E-state index in [0.29, 0.717) is 34.3 Å². The first kappa shape index (κ1) is 24.3. The molecule has 182 valence electrons. The van der Waals surface area contributed by atoms with Crippen LogP contribution in [0.3, 0.4) is 0 Å². The van der Waals surface area contributed by atoms with Gasteiger partial charge in [-0.2, -0.15) is 0 Å². The van der Waals surface area contributed by atoms with Crippen LogP contribution in [0.4, 0.5) is 11.4 Å². The highest BCUT2D eigenvalue weighted by molar-refractivity contribution is 5.94. The van der Waals surface area contributed by atoms with Gasteiger partial charge in [0.1, 0.15) is 11.3 Å². The topological polar surface area (TPSA) is 67.6 Å². The molecule has 4 rings (SSSR count). The second-order valence-electron chi connectivity index (χ2n) is 8.64. The number of aromatic nitrogens is 1. The van der Waals surface area contributed by atoms with Gasteiger partial charge in [-0.1, -0.05) is 26.0 Å². The van der Waals surface area contributed by atoms with E-state index < -0.39 is 0 Å². The number of carbonyl (C=O) groups is 1. The number of benzene rings is 3. The molecule has 4 aromatic rings. The molecule has 0 fully saturated rings. The van der Waals surface area contributed by atoms with Crippen molar-refractivity contribution in [1.29, 1.82) is 0 Å². The van der Waals surface area contributed by atoms with Crippen molar-refractivity contribution in [3.8, 4) is 17.2 Å². The second-order valence-corrected chi connectivity index (χ2v) is 8.64. The Hall–Kier alpha value is -3.80. The molecule has 0 bridgehead atoms. The van der Waals surface area contributed by atoms with E-state index in [0.717, 1.165) is 25.1 Å². The maximum atomic E-state index is 12.4. The van der Waals surface area contributed by atoms with Crippen molar-refractivity contribution in [2.24, 2.45) is 0 Å². The molecule has 6 heteroatoms. The summed E-state index contributed by atoms with van der Waals surface area (Å²) in [6.07, 6.45) is 1.09. The lowest BCUT2D eigenvalue weighted by Gasteiger charge is -2.20. The second kappa shape index (κ2) is 11.1. The van der Waals surface area contributed by atoms with Crippen molar-refractivity contribution in [3.63, 3.8) is 0 Å². The summed E-state index contributed by atoms with van der Waals surface area (Å²) in [7, 11) is 0. The summed E-state index contributed by atoms with van der Waals surface area (Å²) in [5, 5.41) is 2.87. The Morgan fingerprint density at radius 2 is 1.71 bits per heavy atom. The number of amides is 1. The number of ether oxygens (including phenoxy) is 1. The maximum Gasteiger partial charge on any atom is 0.262 e. The Bertz CT molecular complexity index is 1260. The molecule has 35 heavy (non-hydrogen) atoms. The molecule has 0 radical (unpaired) electrons. The smallest absolute Gasteiger partial charge is 0.262 e. The van der Waals surface area contributed by atoms with Gasteiger partial charge in [0.25, 0.3) is 5.91 Å². The molecule has 1 aromatic heterocycles. The monoisotopic (exact) mass is 471 g/mol. The maximum absolute atomic E-state index is 12.4. The lowest BCUT2D eigenvalue weighted by atomic mass is 9.99. The number of hydrogen-bond donors (Lipinski definition) is 1. The zero-order valence-corrected chi connectivity index (χ0v) is 20.9. The highest BCUT2D eigenvalue weighted by Gasteiger charge is 2.12. The van der Waals surface area contributed by atoms with E-state index in [9.17, 15) is 4.79 Å². The highest BCUT2D eigenvalue weighted by atomic mass is 16.5. The fourth-order valence-corrected chi connectivity index (χ4v) is 4.01. The molecule has 6 nitrogen and oxygen atoms in total. The summed E-state index contributed by atoms with van der Waals surface area (Å²) in [5.74, 6) is 1.51. The first-order chi connectivity index (χ1) is 17.0. The minimum Gasteiger partial charge on any atom is -0.484 e. The van der Waals surface area contributed by atoms with Gasteiger partial charge in [-0.25, -0.2) is 4.98 Å². The number of anilines is 2. The van der Waals surface area contributed by atoms with Gasteiger partial charge in [0.2, 0.25) is 5.89 Å². The van der Waals surface area contributed by atoms with Crippen molar-refractivity contribution >= 4 is 28.4 Å². The summed E-state index contributed by atoms with van der Waals surface area (Å²) in [6.45, 7) is 10.5. The Morgan fingerprint density at radius 3 is 2.37 bits per heavy atom. The van der Waals surface area contributed by atoms with Gasteiger partial charge in [-0.3, -0.25) is 4.79 Å². The lowest BCUT2D eigenvalue weighted by molar-refractivity contribution is -0.118. The normalized spacial score (nSPS) is 11.9. The molecule has 0 aliphatic heterocycles. The van der Waals surface area contributed by atoms with E-state index >= 15 is 0 Å². The molecule has 0 saturated carbocycles. The van der Waals surface area contributed by atoms with Crippen LogP contribution < -0.4 is 15.0 Å². The Morgan fingerprint density at radius 1 is 1.00 bits per heavy atom. The number of fused-ring (bicyclic) bond motifs is 1. The highest BCUT2D eigenvalue weighted by Crippen LogP contribution is 2.28. The SMILES string of the molecule is CC[C@H](C)c1ccc(OCC(=O)Nc2ccc3oc(-c4ccc(N(CC)CC)cc4)nc3c2)cc1. The van der Waals surface area contributed by atoms with E-state index in [1.807, 2.05) is 36.4 Å². The molecule has 0 unspecified atom stereocenters.